The first-order valence-electron chi connectivity index (χ1n) is 9.94. The summed E-state index contributed by atoms with van der Waals surface area (Å²) in [6.07, 6.45) is 7.28. The van der Waals surface area contributed by atoms with Gasteiger partial charge in [0.1, 0.15) is 0 Å². The van der Waals surface area contributed by atoms with Crippen molar-refractivity contribution < 1.29 is 4.79 Å². The van der Waals surface area contributed by atoms with Gasteiger partial charge in [-0.2, -0.15) is 0 Å². The molecule has 1 fully saturated rings. The molecule has 0 spiro atoms. The fourth-order valence-corrected chi connectivity index (χ4v) is 3.97. The van der Waals surface area contributed by atoms with E-state index in [2.05, 4.69) is 38.0 Å². The number of unbranched alkanes of at least 4 members (excludes halogenated alkanes) is 1. The Morgan fingerprint density at radius 2 is 1.59 bits per heavy atom. The lowest BCUT2D eigenvalue weighted by atomic mass is 10.0. The second-order valence-corrected chi connectivity index (χ2v) is 7.26. The van der Waals surface area contributed by atoms with Crippen molar-refractivity contribution in [1.82, 2.24) is 14.9 Å². The van der Waals surface area contributed by atoms with Crippen LogP contribution in [0, 0.1) is 0 Å². The van der Waals surface area contributed by atoms with Gasteiger partial charge in [0.2, 0.25) is 11.9 Å². The predicted molar refractivity (Wildman–Crippen MR) is 107 cm³/mol. The number of hydrogen-bond donors (Lipinski definition) is 0. The van der Waals surface area contributed by atoms with Gasteiger partial charge in [-0.1, -0.05) is 18.2 Å². The van der Waals surface area contributed by atoms with Crippen molar-refractivity contribution in [1.29, 1.82) is 0 Å². The second-order valence-electron chi connectivity index (χ2n) is 7.26. The molecule has 0 aliphatic carbocycles. The number of anilines is 2. The SMILES string of the molecule is O=C1CCc2ccccc2N1CCCCN1CCN(c2ncccn2)CC1. The smallest absolute Gasteiger partial charge is 0.227 e. The third kappa shape index (κ3) is 4.27. The molecule has 4 rings (SSSR count). The molecule has 1 amide bonds. The highest BCUT2D eigenvalue weighted by molar-refractivity contribution is 5.96. The highest BCUT2D eigenvalue weighted by atomic mass is 16.2. The Morgan fingerprint density at radius 3 is 2.41 bits per heavy atom. The number of aromatic nitrogens is 2. The van der Waals surface area contributed by atoms with Crippen LogP contribution < -0.4 is 9.80 Å². The molecule has 0 N–H and O–H groups in total. The molecule has 0 bridgehead atoms. The van der Waals surface area contributed by atoms with Gasteiger partial charge in [-0.15, -0.1) is 0 Å². The van der Waals surface area contributed by atoms with E-state index in [1.54, 1.807) is 12.4 Å². The number of para-hydroxylation sites is 1. The van der Waals surface area contributed by atoms with Crippen molar-refractivity contribution in [2.75, 3.05) is 49.1 Å². The third-order valence-corrected chi connectivity index (χ3v) is 5.51. The van der Waals surface area contributed by atoms with Crippen LogP contribution in [0.4, 0.5) is 11.6 Å². The zero-order chi connectivity index (χ0) is 18.5. The molecular formula is C21H27N5O. The summed E-state index contributed by atoms with van der Waals surface area (Å²) in [5.74, 6) is 1.10. The highest BCUT2D eigenvalue weighted by Gasteiger charge is 2.23. The molecule has 0 unspecified atom stereocenters. The Kier molecular flexibility index (Phi) is 5.63. The summed E-state index contributed by atoms with van der Waals surface area (Å²) in [6.45, 7) is 5.96. The Morgan fingerprint density at radius 1 is 0.852 bits per heavy atom. The van der Waals surface area contributed by atoms with E-state index in [4.69, 9.17) is 0 Å². The van der Waals surface area contributed by atoms with Gasteiger partial charge in [-0.05, 0) is 43.5 Å². The second kappa shape index (κ2) is 8.48. The van der Waals surface area contributed by atoms with Gasteiger partial charge in [-0.3, -0.25) is 9.69 Å². The molecule has 27 heavy (non-hydrogen) atoms. The number of rotatable bonds is 6. The summed E-state index contributed by atoms with van der Waals surface area (Å²) in [5.41, 5.74) is 2.42. The molecule has 2 aromatic rings. The van der Waals surface area contributed by atoms with Crippen LogP contribution in [-0.4, -0.2) is 60.0 Å². The maximum Gasteiger partial charge on any atom is 0.227 e. The molecule has 1 aromatic carbocycles. The molecule has 1 saturated heterocycles. The predicted octanol–water partition coefficient (Wildman–Crippen LogP) is 2.36. The van der Waals surface area contributed by atoms with Crippen LogP contribution in [0.2, 0.25) is 0 Å². The number of fused-ring (bicyclic) bond motifs is 1. The average Bonchev–Trinajstić information content (AvgIpc) is 2.73. The summed E-state index contributed by atoms with van der Waals surface area (Å²) in [4.78, 5) is 27.7. The summed E-state index contributed by atoms with van der Waals surface area (Å²) in [7, 11) is 0. The lowest BCUT2D eigenvalue weighted by Gasteiger charge is -2.35. The third-order valence-electron chi connectivity index (χ3n) is 5.51. The fourth-order valence-electron chi connectivity index (χ4n) is 3.97. The Bertz CT molecular complexity index is 758. The molecule has 1 aromatic heterocycles. The maximum absolute atomic E-state index is 12.3. The number of carbonyl (C=O) groups excluding carboxylic acids is 1. The number of benzene rings is 1. The summed E-state index contributed by atoms with van der Waals surface area (Å²) >= 11 is 0. The zero-order valence-corrected chi connectivity index (χ0v) is 15.8. The van der Waals surface area contributed by atoms with E-state index < -0.39 is 0 Å². The van der Waals surface area contributed by atoms with Crippen LogP contribution in [0.5, 0.6) is 0 Å². The average molecular weight is 365 g/mol. The molecule has 6 nitrogen and oxygen atoms in total. The Balaban J connectivity index is 1.21. The normalized spacial score (nSPS) is 17.9. The number of nitrogens with zero attached hydrogens (tertiary/aromatic N) is 5. The van der Waals surface area contributed by atoms with Gasteiger partial charge in [0.05, 0.1) is 0 Å². The quantitative estimate of drug-likeness (QED) is 0.736. The first-order chi connectivity index (χ1) is 13.3. The standard InChI is InChI=1S/C21H27N5O/c27-20-9-8-18-6-1-2-7-19(18)26(20)13-4-3-12-24-14-16-25(17-15-24)21-22-10-5-11-23-21/h1-2,5-7,10-11H,3-4,8-9,12-17H2. The minimum atomic E-state index is 0.269. The van der Waals surface area contributed by atoms with Crippen molar-refractivity contribution >= 4 is 17.5 Å². The van der Waals surface area contributed by atoms with E-state index in [0.717, 1.165) is 70.2 Å². The van der Waals surface area contributed by atoms with Gasteiger partial charge in [0, 0.05) is 57.2 Å². The maximum atomic E-state index is 12.3. The number of aryl methyl sites for hydroxylation is 1. The number of piperazine rings is 1. The minimum absolute atomic E-state index is 0.269. The molecule has 142 valence electrons. The van der Waals surface area contributed by atoms with E-state index in [-0.39, 0.29) is 5.91 Å². The molecule has 0 saturated carbocycles. The van der Waals surface area contributed by atoms with Gasteiger partial charge < -0.3 is 9.80 Å². The Hall–Kier alpha value is -2.47. The van der Waals surface area contributed by atoms with Crippen LogP contribution in [-0.2, 0) is 11.2 Å². The van der Waals surface area contributed by atoms with Gasteiger partial charge in [0.25, 0.3) is 0 Å². The largest absolute Gasteiger partial charge is 0.338 e. The summed E-state index contributed by atoms with van der Waals surface area (Å²) < 4.78 is 0. The Labute approximate surface area is 160 Å². The summed E-state index contributed by atoms with van der Waals surface area (Å²) in [6, 6.07) is 10.2. The van der Waals surface area contributed by atoms with Crippen LogP contribution in [0.1, 0.15) is 24.8 Å². The van der Waals surface area contributed by atoms with E-state index in [9.17, 15) is 4.79 Å². The molecule has 0 radical (unpaired) electrons. The monoisotopic (exact) mass is 365 g/mol. The van der Waals surface area contributed by atoms with Crippen LogP contribution >= 0.6 is 0 Å². The van der Waals surface area contributed by atoms with Crippen LogP contribution in [0.25, 0.3) is 0 Å². The topological polar surface area (TPSA) is 52.6 Å². The van der Waals surface area contributed by atoms with E-state index in [1.165, 1.54) is 5.56 Å². The van der Waals surface area contributed by atoms with Crippen molar-refractivity contribution in [2.45, 2.75) is 25.7 Å². The molecule has 3 heterocycles. The first-order valence-corrected chi connectivity index (χ1v) is 9.94. The van der Waals surface area contributed by atoms with E-state index in [1.807, 2.05) is 17.0 Å². The lowest BCUT2D eigenvalue weighted by molar-refractivity contribution is -0.118. The van der Waals surface area contributed by atoms with E-state index in [0.29, 0.717) is 6.42 Å². The first kappa shape index (κ1) is 17.9. The van der Waals surface area contributed by atoms with Crippen LogP contribution in [0.3, 0.4) is 0 Å². The number of amides is 1. The summed E-state index contributed by atoms with van der Waals surface area (Å²) in [5, 5.41) is 0. The van der Waals surface area contributed by atoms with Crippen LogP contribution in [0.15, 0.2) is 42.7 Å². The number of hydrogen-bond acceptors (Lipinski definition) is 5. The highest BCUT2D eigenvalue weighted by Crippen LogP contribution is 2.27. The molecule has 0 atom stereocenters. The van der Waals surface area contributed by atoms with Crippen molar-refractivity contribution in [3.63, 3.8) is 0 Å². The van der Waals surface area contributed by atoms with Gasteiger partial charge in [0.15, 0.2) is 0 Å². The lowest BCUT2D eigenvalue weighted by Crippen LogP contribution is -2.47. The van der Waals surface area contributed by atoms with Gasteiger partial charge in [-0.25, -0.2) is 9.97 Å². The molecule has 2 aliphatic rings. The number of carbonyl (C=O) groups is 1. The molecular weight excluding hydrogens is 338 g/mol. The fraction of sp³-hybridized carbons (Fsp3) is 0.476. The van der Waals surface area contributed by atoms with Crippen molar-refractivity contribution in [2.24, 2.45) is 0 Å². The van der Waals surface area contributed by atoms with Crippen molar-refractivity contribution in [3.8, 4) is 0 Å². The van der Waals surface area contributed by atoms with Gasteiger partial charge >= 0.3 is 0 Å². The zero-order valence-electron chi connectivity index (χ0n) is 15.8. The molecule has 6 heteroatoms. The molecule has 2 aliphatic heterocycles. The van der Waals surface area contributed by atoms with E-state index >= 15 is 0 Å². The van der Waals surface area contributed by atoms with Crippen molar-refractivity contribution in [3.05, 3.63) is 48.3 Å². The minimum Gasteiger partial charge on any atom is -0.338 e.